The molecule has 2 aromatic rings. The molecule has 0 saturated heterocycles. The van der Waals surface area contributed by atoms with Crippen molar-refractivity contribution in [3.63, 3.8) is 0 Å². The molecule has 0 saturated carbocycles. The summed E-state index contributed by atoms with van der Waals surface area (Å²) < 4.78 is 13.3. The number of nitrogens with zero attached hydrogens (tertiary/aromatic N) is 2. The number of hydrogen-bond acceptors (Lipinski definition) is 3. The van der Waals surface area contributed by atoms with Gasteiger partial charge < -0.3 is 4.90 Å². The molecule has 0 radical (unpaired) electrons. The van der Waals surface area contributed by atoms with Crippen LogP contribution in [0, 0.1) is 5.82 Å². The maximum atomic E-state index is 13.3. The van der Waals surface area contributed by atoms with Gasteiger partial charge in [0.15, 0.2) is 0 Å². The summed E-state index contributed by atoms with van der Waals surface area (Å²) in [5.41, 5.74) is 1.03. The molecular formula is C16H21FN2S. The van der Waals surface area contributed by atoms with Crippen molar-refractivity contribution < 1.29 is 4.39 Å². The lowest BCUT2D eigenvalue weighted by atomic mass is 10.2. The minimum Gasteiger partial charge on any atom is -0.308 e. The van der Waals surface area contributed by atoms with Crippen molar-refractivity contribution >= 4 is 11.3 Å². The van der Waals surface area contributed by atoms with Crippen molar-refractivity contribution in [1.29, 1.82) is 0 Å². The van der Waals surface area contributed by atoms with Crippen LogP contribution in [-0.2, 0) is 13.1 Å². The molecule has 1 aromatic heterocycles. The van der Waals surface area contributed by atoms with Gasteiger partial charge in [0, 0.05) is 31.1 Å². The first-order chi connectivity index (χ1) is 9.63. The average Bonchev–Trinajstić information content (AvgIpc) is 2.89. The van der Waals surface area contributed by atoms with E-state index in [1.54, 1.807) is 23.5 Å². The molecule has 20 heavy (non-hydrogen) atoms. The molecule has 0 fully saturated rings. The summed E-state index contributed by atoms with van der Waals surface area (Å²) >= 11 is 1.77. The number of thiophene rings is 1. The van der Waals surface area contributed by atoms with Gasteiger partial charge in [-0.25, -0.2) is 4.39 Å². The zero-order chi connectivity index (χ0) is 14.4. The third-order valence-electron chi connectivity index (χ3n) is 3.12. The Bertz CT molecular complexity index is 511. The van der Waals surface area contributed by atoms with Gasteiger partial charge in [-0.15, -0.1) is 11.3 Å². The Morgan fingerprint density at radius 2 is 1.90 bits per heavy atom. The van der Waals surface area contributed by atoms with Gasteiger partial charge in [0.1, 0.15) is 5.82 Å². The van der Waals surface area contributed by atoms with Gasteiger partial charge in [-0.1, -0.05) is 18.2 Å². The molecule has 0 bridgehead atoms. The lowest BCUT2D eigenvalue weighted by Crippen LogP contribution is -2.30. The second-order valence-electron chi connectivity index (χ2n) is 5.22. The summed E-state index contributed by atoms with van der Waals surface area (Å²) in [6.07, 6.45) is 0. The first-order valence-electron chi connectivity index (χ1n) is 6.77. The molecule has 2 nitrogen and oxygen atoms in total. The van der Waals surface area contributed by atoms with Gasteiger partial charge in [-0.3, -0.25) is 4.90 Å². The van der Waals surface area contributed by atoms with Crippen LogP contribution in [0.4, 0.5) is 4.39 Å². The quantitative estimate of drug-likeness (QED) is 0.771. The van der Waals surface area contributed by atoms with Crippen LogP contribution in [0.15, 0.2) is 41.8 Å². The standard InChI is InChI=1S/C16H21FN2S/c1-18(2)8-9-19(13-16-7-4-10-20-16)12-14-5-3-6-15(17)11-14/h3-7,10-11H,8-9,12-13H2,1-2H3. The number of rotatable bonds is 7. The summed E-state index contributed by atoms with van der Waals surface area (Å²) in [6, 6.07) is 11.1. The van der Waals surface area contributed by atoms with Crippen molar-refractivity contribution in [3.8, 4) is 0 Å². The topological polar surface area (TPSA) is 6.48 Å². The van der Waals surface area contributed by atoms with Gasteiger partial charge in [-0.05, 0) is 43.2 Å². The number of hydrogen-bond donors (Lipinski definition) is 0. The van der Waals surface area contributed by atoms with E-state index in [1.807, 2.05) is 6.07 Å². The van der Waals surface area contributed by atoms with Crippen molar-refractivity contribution in [2.45, 2.75) is 13.1 Å². The van der Waals surface area contributed by atoms with E-state index >= 15 is 0 Å². The summed E-state index contributed by atoms with van der Waals surface area (Å²) in [4.78, 5) is 5.88. The van der Waals surface area contributed by atoms with Crippen LogP contribution in [0.1, 0.15) is 10.4 Å². The summed E-state index contributed by atoms with van der Waals surface area (Å²) in [6.45, 7) is 3.67. The summed E-state index contributed by atoms with van der Waals surface area (Å²) in [7, 11) is 4.15. The zero-order valence-corrected chi connectivity index (χ0v) is 12.9. The molecule has 0 N–H and O–H groups in total. The van der Waals surface area contributed by atoms with E-state index < -0.39 is 0 Å². The van der Waals surface area contributed by atoms with Gasteiger partial charge in [0.05, 0.1) is 0 Å². The molecule has 0 aliphatic carbocycles. The lowest BCUT2D eigenvalue weighted by Gasteiger charge is -2.23. The van der Waals surface area contributed by atoms with Crippen molar-refractivity contribution in [3.05, 3.63) is 58.0 Å². The Hall–Kier alpha value is -1.23. The number of halogens is 1. The fourth-order valence-electron chi connectivity index (χ4n) is 2.07. The first kappa shape index (κ1) is 15.2. The summed E-state index contributed by atoms with van der Waals surface area (Å²) in [5.74, 6) is -0.161. The lowest BCUT2D eigenvalue weighted by molar-refractivity contribution is 0.227. The molecule has 0 spiro atoms. The highest BCUT2D eigenvalue weighted by Gasteiger charge is 2.09. The first-order valence-corrected chi connectivity index (χ1v) is 7.65. The second kappa shape index (κ2) is 7.53. The third kappa shape index (κ3) is 5.04. The highest BCUT2D eigenvalue weighted by atomic mass is 32.1. The van der Waals surface area contributed by atoms with Crippen LogP contribution in [0.2, 0.25) is 0 Å². The Labute approximate surface area is 124 Å². The smallest absolute Gasteiger partial charge is 0.123 e. The van der Waals surface area contributed by atoms with E-state index in [0.29, 0.717) is 0 Å². The zero-order valence-electron chi connectivity index (χ0n) is 12.1. The van der Waals surface area contributed by atoms with Gasteiger partial charge >= 0.3 is 0 Å². The van der Waals surface area contributed by atoms with E-state index in [4.69, 9.17) is 0 Å². The predicted octanol–water partition coefficient (Wildman–Crippen LogP) is 3.45. The Morgan fingerprint density at radius 3 is 2.55 bits per heavy atom. The van der Waals surface area contributed by atoms with E-state index in [0.717, 1.165) is 31.7 Å². The van der Waals surface area contributed by atoms with E-state index in [-0.39, 0.29) is 5.82 Å². The SMILES string of the molecule is CN(C)CCN(Cc1cccc(F)c1)Cc1cccs1. The van der Waals surface area contributed by atoms with E-state index in [1.165, 1.54) is 10.9 Å². The van der Waals surface area contributed by atoms with Crippen LogP contribution in [-0.4, -0.2) is 37.0 Å². The van der Waals surface area contributed by atoms with Crippen molar-refractivity contribution in [2.75, 3.05) is 27.2 Å². The van der Waals surface area contributed by atoms with Gasteiger partial charge in [-0.2, -0.15) is 0 Å². The minimum absolute atomic E-state index is 0.161. The molecule has 0 aliphatic rings. The molecule has 2 rings (SSSR count). The third-order valence-corrected chi connectivity index (χ3v) is 3.98. The fraction of sp³-hybridized carbons (Fsp3) is 0.375. The molecular weight excluding hydrogens is 271 g/mol. The van der Waals surface area contributed by atoms with E-state index in [2.05, 4.69) is 41.4 Å². The highest BCUT2D eigenvalue weighted by molar-refractivity contribution is 7.09. The fourth-order valence-corrected chi connectivity index (χ4v) is 2.82. The molecule has 1 heterocycles. The molecule has 0 atom stereocenters. The predicted molar refractivity (Wildman–Crippen MR) is 83.4 cm³/mol. The van der Waals surface area contributed by atoms with Gasteiger partial charge in [0.2, 0.25) is 0 Å². The normalized spacial score (nSPS) is 11.4. The van der Waals surface area contributed by atoms with Crippen LogP contribution in [0.3, 0.4) is 0 Å². The summed E-state index contributed by atoms with van der Waals surface area (Å²) in [5, 5.41) is 2.10. The molecule has 108 valence electrons. The molecule has 0 aliphatic heterocycles. The van der Waals surface area contributed by atoms with Gasteiger partial charge in [0.25, 0.3) is 0 Å². The van der Waals surface area contributed by atoms with Crippen LogP contribution >= 0.6 is 11.3 Å². The molecule has 4 heteroatoms. The largest absolute Gasteiger partial charge is 0.308 e. The Balaban J connectivity index is 2.01. The maximum absolute atomic E-state index is 13.3. The van der Waals surface area contributed by atoms with Crippen LogP contribution in [0.5, 0.6) is 0 Å². The minimum atomic E-state index is -0.161. The number of likely N-dealkylation sites (N-methyl/N-ethyl adjacent to an activating group) is 1. The average molecular weight is 292 g/mol. The monoisotopic (exact) mass is 292 g/mol. The molecule has 0 unspecified atom stereocenters. The molecule has 1 aromatic carbocycles. The number of benzene rings is 1. The van der Waals surface area contributed by atoms with Crippen molar-refractivity contribution in [2.24, 2.45) is 0 Å². The van der Waals surface area contributed by atoms with Crippen molar-refractivity contribution in [1.82, 2.24) is 9.80 Å². The van der Waals surface area contributed by atoms with Crippen LogP contribution in [0.25, 0.3) is 0 Å². The maximum Gasteiger partial charge on any atom is 0.123 e. The Kier molecular flexibility index (Phi) is 5.71. The highest BCUT2D eigenvalue weighted by Crippen LogP contribution is 2.15. The second-order valence-corrected chi connectivity index (χ2v) is 6.26. The Morgan fingerprint density at radius 1 is 1.05 bits per heavy atom. The van der Waals surface area contributed by atoms with Crippen LogP contribution < -0.4 is 0 Å². The molecule has 0 amide bonds. The van der Waals surface area contributed by atoms with E-state index in [9.17, 15) is 4.39 Å².